The number of hydrazone groups is 1. The Morgan fingerprint density at radius 1 is 1.27 bits per heavy atom. The quantitative estimate of drug-likeness (QED) is 0.275. The van der Waals surface area contributed by atoms with E-state index in [-0.39, 0.29) is 11.7 Å². The summed E-state index contributed by atoms with van der Waals surface area (Å²) in [6.45, 7) is 4.04. The number of thiazole rings is 1. The molecule has 26 heavy (non-hydrogen) atoms. The van der Waals surface area contributed by atoms with Gasteiger partial charge in [-0.25, -0.2) is 10.4 Å². The monoisotopic (exact) mass is 383 g/mol. The maximum Gasteiger partial charge on any atom is 0.250 e. The fraction of sp³-hybridized carbons (Fsp3) is 0.105. The summed E-state index contributed by atoms with van der Waals surface area (Å²) in [6.07, 6.45) is 3.24. The predicted molar refractivity (Wildman–Crippen MR) is 108 cm³/mol. The van der Waals surface area contributed by atoms with Crippen molar-refractivity contribution in [2.24, 2.45) is 5.10 Å². The van der Waals surface area contributed by atoms with Crippen LogP contribution in [0.1, 0.15) is 5.56 Å². The van der Waals surface area contributed by atoms with Gasteiger partial charge in [0.15, 0.2) is 4.34 Å². The van der Waals surface area contributed by atoms with Crippen LogP contribution in [0.5, 0.6) is 5.75 Å². The zero-order valence-corrected chi connectivity index (χ0v) is 15.6. The average Bonchev–Trinajstić information content (AvgIpc) is 3.08. The summed E-state index contributed by atoms with van der Waals surface area (Å²) in [5.74, 6) is 0.760. The van der Waals surface area contributed by atoms with E-state index in [1.54, 1.807) is 23.6 Å². The summed E-state index contributed by atoms with van der Waals surface area (Å²) in [5.41, 5.74) is 4.27. The van der Waals surface area contributed by atoms with E-state index in [0.717, 1.165) is 20.1 Å². The van der Waals surface area contributed by atoms with Gasteiger partial charge in [-0.15, -0.1) is 11.3 Å². The number of benzene rings is 2. The van der Waals surface area contributed by atoms with Crippen molar-refractivity contribution in [3.63, 3.8) is 0 Å². The Hall–Kier alpha value is -2.64. The summed E-state index contributed by atoms with van der Waals surface area (Å²) >= 11 is 2.98. The number of hydrogen-bond acceptors (Lipinski definition) is 6. The van der Waals surface area contributed by atoms with Crippen LogP contribution < -0.4 is 10.2 Å². The molecule has 7 heteroatoms. The summed E-state index contributed by atoms with van der Waals surface area (Å²) in [7, 11) is 0. The predicted octanol–water partition coefficient (Wildman–Crippen LogP) is 4.10. The first-order chi connectivity index (χ1) is 12.8. The van der Waals surface area contributed by atoms with Gasteiger partial charge in [0.1, 0.15) is 12.4 Å². The van der Waals surface area contributed by atoms with E-state index in [0.29, 0.717) is 12.4 Å². The van der Waals surface area contributed by atoms with Crippen LogP contribution in [0.2, 0.25) is 0 Å². The van der Waals surface area contributed by atoms with Crippen LogP contribution >= 0.6 is 23.1 Å². The van der Waals surface area contributed by atoms with Gasteiger partial charge in [0.05, 0.1) is 22.2 Å². The first-order valence-corrected chi connectivity index (χ1v) is 9.69. The van der Waals surface area contributed by atoms with Crippen LogP contribution in [0.25, 0.3) is 10.2 Å². The Balaban J connectivity index is 1.52. The SMILES string of the molecule is C=CCOc1ccccc1/C=N/NC(=O)CSc1nc2ccccc2s1. The van der Waals surface area contributed by atoms with Crippen molar-refractivity contribution in [1.29, 1.82) is 0 Å². The molecule has 1 N–H and O–H groups in total. The molecule has 0 aliphatic carbocycles. The lowest BCUT2D eigenvalue weighted by Crippen LogP contribution is -2.19. The first-order valence-electron chi connectivity index (χ1n) is 7.89. The van der Waals surface area contributed by atoms with Gasteiger partial charge in [-0.2, -0.15) is 5.10 Å². The molecule has 0 atom stereocenters. The van der Waals surface area contributed by atoms with E-state index in [4.69, 9.17) is 4.74 Å². The lowest BCUT2D eigenvalue weighted by molar-refractivity contribution is -0.118. The van der Waals surface area contributed by atoms with Gasteiger partial charge in [0.25, 0.3) is 5.91 Å². The fourth-order valence-corrected chi connectivity index (χ4v) is 3.97. The number of rotatable bonds is 8. The Morgan fingerprint density at radius 2 is 2.08 bits per heavy atom. The third-order valence-electron chi connectivity index (χ3n) is 3.27. The highest BCUT2D eigenvalue weighted by molar-refractivity contribution is 8.01. The number of thioether (sulfide) groups is 1. The van der Waals surface area contributed by atoms with Gasteiger partial charge >= 0.3 is 0 Å². The minimum absolute atomic E-state index is 0.185. The minimum atomic E-state index is -0.185. The van der Waals surface area contributed by atoms with Gasteiger partial charge in [-0.3, -0.25) is 4.79 Å². The van der Waals surface area contributed by atoms with Crippen LogP contribution in [0.4, 0.5) is 0 Å². The van der Waals surface area contributed by atoms with Crippen molar-refractivity contribution in [2.75, 3.05) is 12.4 Å². The van der Waals surface area contributed by atoms with Gasteiger partial charge < -0.3 is 4.74 Å². The van der Waals surface area contributed by atoms with Crippen LogP contribution in [-0.2, 0) is 4.79 Å². The molecule has 132 valence electrons. The van der Waals surface area contributed by atoms with Crippen molar-refractivity contribution >= 4 is 45.4 Å². The number of para-hydroxylation sites is 2. The van der Waals surface area contributed by atoms with Gasteiger partial charge in [-0.05, 0) is 24.3 Å². The molecule has 5 nitrogen and oxygen atoms in total. The molecule has 0 aliphatic heterocycles. The number of carbonyl (C=O) groups is 1. The van der Waals surface area contributed by atoms with Gasteiger partial charge in [0, 0.05) is 5.56 Å². The molecule has 2 aromatic carbocycles. The fourth-order valence-electron chi connectivity index (χ4n) is 2.11. The third kappa shape index (κ3) is 4.93. The van der Waals surface area contributed by atoms with Crippen LogP contribution in [0, 0.1) is 0 Å². The number of nitrogens with one attached hydrogen (secondary N) is 1. The highest BCUT2D eigenvalue weighted by Gasteiger charge is 2.07. The normalized spacial score (nSPS) is 10.9. The second-order valence-corrected chi connectivity index (χ2v) is 7.42. The average molecular weight is 383 g/mol. The Kier molecular flexibility index (Phi) is 6.40. The lowest BCUT2D eigenvalue weighted by atomic mass is 10.2. The minimum Gasteiger partial charge on any atom is -0.489 e. The molecule has 0 aliphatic rings. The number of amides is 1. The zero-order chi connectivity index (χ0) is 18.2. The van der Waals surface area contributed by atoms with E-state index in [1.807, 2.05) is 48.5 Å². The number of hydrogen-bond donors (Lipinski definition) is 1. The number of nitrogens with zero attached hydrogens (tertiary/aromatic N) is 2. The maximum absolute atomic E-state index is 12.0. The van der Waals surface area contributed by atoms with Crippen molar-refractivity contribution in [1.82, 2.24) is 10.4 Å². The topological polar surface area (TPSA) is 63.6 Å². The van der Waals surface area contributed by atoms with E-state index in [1.165, 1.54) is 11.8 Å². The number of fused-ring (bicyclic) bond motifs is 1. The van der Waals surface area contributed by atoms with Crippen molar-refractivity contribution in [2.45, 2.75) is 4.34 Å². The van der Waals surface area contributed by atoms with E-state index < -0.39 is 0 Å². The van der Waals surface area contributed by atoms with Gasteiger partial charge in [0.2, 0.25) is 0 Å². The molecular weight excluding hydrogens is 366 g/mol. The highest BCUT2D eigenvalue weighted by Crippen LogP contribution is 2.29. The summed E-state index contributed by atoms with van der Waals surface area (Å²) in [6, 6.07) is 15.4. The lowest BCUT2D eigenvalue weighted by Gasteiger charge is -2.06. The molecule has 0 fully saturated rings. The molecular formula is C19H17N3O2S2. The summed E-state index contributed by atoms with van der Waals surface area (Å²) < 4.78 is 7.53. The number of ether oxygens (including phenoxy) is 1. The molecule has 0 saturated carbocycles. The molecule has 0 bridgehead atoms. The molecule has 0 unspecified atom stereocenters. The standard InChI is InChI=1S/C19H17N3O2S2/c1-2-11-24-16-9-5-3-7-14(16)12-20-22-18(23)13-25-19-21-15-8-4-6-10-17(15)26-19/h2-10,12H,1,11,13H2,(H,22,23)/b20-12+. The Morgan fingerprint density at radius 3 is 2.92 bits per heavy atom. The number of carbonyl (C=O) groups excluding carboxylic acids is 1. The second-order valence-electron chi connectivity index (χ2n) is 5.17. The molecule has 1 aromatic heterocycles. The Bertz CT molecular complexity index is 904. The highest BCUT2D eigenvalue weighted by atomic mass is 32.2. The molecule has 0 radical (unpaired) electrons. The van der Waals surface area contributed by atoms with Crippen molar-refractivity contribution in [3.8, 4) is 5.75 Å². The molecule has 1 amide bonds. The van der Waals surface area contributed by atoms with Crippen LogP contribution in [-0.4, -0.2) is 29.5 Å². The third-order valence-corrected chi connectivity index (χ3v) is 5.45. The molecule has 0 saturated heterocycles. The van der Waals surface area contributed by atoms with Crippen LogP contribution in [0.3, 0.4) is 0 Å². The molecule has 0 spiro atoms. The van der Waals surface area contributed by atoms with Crippen molar-refractivity contribution < 1.29 is 9.53 Å². The van der Waals surface area contributed by atoms with Gasteiger partial charge in [-0.1, -0.05) is 48.7 Å². The van der Waals surface area contributed by atoms with Crippen LogP contribution in [0.15, 0.2) is 70.6 Å². The van der Waals surface area contributed by atoms with E-state index in [2.05, 4.69) is 22.1 Å². The largest absolute Gasteiger partial charge is 0.489 e. The second kappa shape index (κ2) is 9.17. The van der Waals surface area contributed by atoms with E-state index in [9.17, 15) is 4.79 Å². The molecule has 3 aromatic rings. The smallest absolute Gasteiger partial charge is 0.250 e. The maximum atomic E-state index is 12.0. The summed E-state index contributed by atoms with van der Waals surface area (Å²) in [5, 5.41) is 4.00. The zero-order valence-electron chi connectivity index (χ0n) is 13.9. The molecule has 1 heterocycles. The first kappa shape index (κ1) is 18.2. The number of aromatic nitrogens is 1. The van der Waals surface area contributed by atoms with Crippen molar-refractivity contribution in [3.05, 3.63) is 66.7 Å². The van der Waals surface area contributed by atoms with E-state index >= 15 is 0 Å². The summed E-state index contributed by atoms with van der Waals surface area (Å²) in [4.78, 5) is 16.5. The Labute approximate surface area is 159 Å². The molecule has 3 rings (SSSR count).